The van der Waals surface area contributed by atoms with Gasteiger partial charge in [-0.3, -0.25) is 5.32 Å². The fourth-order valence-corrected chi connectivity index (χ4v) is 1.65. The molecule has 0 bridgehead atoms. The number of rotatable bonds is 0. The lowest BCUT2D eigenvalue weighted by atomic mass is 10.1. The Bertz CT molecular complexity index is 361. The Morgan fingerprint density at radius 1 is 1.38 bits per heavy atom. The number of nitrogens with one attached hydrogen (secondary N) is 2. The molecule has 0 amide bonds. The smallest absolute Gasteiger partial charge is 0.217 e. The molecule has 2 aliphatic heterocycles. The van der Waals surface area contributed by atoms with Crippen LogP contribution in [0.25, 0.3) is 0 Å². The standard InChI is InChI=1S/C8H9N5/c1-2-4-7-6(3-1)5-9-8-10-11-12-13(7)8/h1-4,8-9H,5H2,(H,10,12). The van der Waals surface area contributed by atoms with Gasteiger partial charge < -0.3 is 0 Å². The predicted molar refractivity (Wildman–Crippen MR) is 47.5 cm³/mol. The third-order valence-electron chi connectivity index (χ3n) is 2.29. The summed E-state index contributed by atoms with van der Waals surface area (Å²) in [5.41, 5.74) is 5.26. The van der Waals surface area contributed by atoms with Gasteiger partial charge in [-0.25, -0.2) is 5.01 Å². The number of hydrazine groups is 1. The van der Waals surface area contributed by atoms with Crippen LogP contribution in [0, 0.1) is 0 Å². The second kappa shape index (κ2) is 2.43. The summed E-state index contributed by atoms with van der Waals surface area (Å²) in [6, 6.07) is 8.21. The van der Waals surface area contributed by atoms with E-state index < -0.39 is 0 Å². The predicted octanol–water partition coefficient (Wildman–Crippen LogP) is 0.765. The molecule has 3 rings (SSSR count). The first kappa shape index (κ1) is 6.85. The topological polar surface area (TPSA) is 52.0 Å². The SMILES string of the molecule is c1ccc2c(c1)CNC1N=NNN21. The van der Waals surface area contributed by atoms with Crippen LogP contribution in [0.15, 0.2) is 34.6 Å². The second-order valence-electron chi connectivity index (χ2n) is 3.07. The molecule has 1 aromatic carbocycles. The summed E-state index contributed by atoms with van der Waals surface area (Å²) in [5, 5.41) is 12.9. The van der Waals surface area contributed by atoms with Crippen molar-refractivity contribution in [2.24, 2.45) is 10.3 Å². The Kier molecular flexibility index (Phi) is 1.28. The van der Waals surface area contributed by atoms with Gasteiger partial charge in [0.15, 0.2) is 0 Å². The van der Waals surface area contributed by atoms with Crippen LogP contribution in [0.3, 0.4) is 0 Å². The van der Waals surface area contributed by atoms with Crippen LogP contribution in [0.4, 0.5) is 5.69 Å². The Morgan fingerprint density at radius 3 is 3.31 bits per heavy atom. The van der Waals surface area contributed by atoms with E-state index in [1.165, 1.54) is 5.56 Å². The first-order valence-corrected chi connectivity index (χ1v) is 4.21. The number of hydrogen-bond donors (Lipinski definition) is 2. The molecule has 1 unspecified atom stereocenters. The zero-order valence-electron chi connectivity index (χ0n) is 6.94. The molecule has 0 saturated heterocycles. The maximum absolute atomic E-state index is 3.99. The summed E-state index contributed by atoms with van der Waals surface area (Å²) in [6.07, 6.45) is -0.0464. The van der Waals surface area contributed by atoms with Crippen molar-refractivity contribution in [3.63, 3.8) is 0 Å². The summed E-state index contributed by atoms with van der Waals surface area (Å²) in [7, 11) is 0. The largest absolute Gasteiger partial charge is 0.271 e. The minimum atomic E-state index is -0.0464. The molecular formula is C8H9N5. The van der Waals surface area contributed by atoms with E-state index in [0.717, 1.165) is 12.2 Å². The van der Waals surface area contributed by atoms with Gasteiger partial charge in [0.1, 0.15) is 0 Å². The van der Waals surface area contributed by atoms with Crippen molar-refractivity contribution in [3.8, 4) is 0 Å². The van der Waals surface area contributed by atoms with Crippen LogP contribution in [0.2, 0.25) is 0 Å². The summed E-state index contributed by atoms with van der Waals surface area (Å²) < 4.78 is 0. The normalized spacial score (nSPS) is 23.7. The van der Waals surface area contributed by atoms with E-state index in [1.54, 1.807) is 0 Å². The average molecular weight is 175 g/mol. The van der Waals surface area contributed by atoms with E-state index >= 15 is 0 Å². The average Bonchev–Trinajstić information content (AvgIpc) is 2.65. The third kappa shape index (κ3) is 0.905. The van der Waals surface area contributed by atoms with E-state index in [1.807, 2.05) is 17.1 Å². The monoisotopic (exact) mass is 175 g/mol. The molecule has 1 aromatic rings. The number of hydrogen-bond acceptors (Lipinski definition) is 5. The highest BCUT2D eigenvalue weighted by atomic mass is 15.8. The second-order valence-corrected chi connectivity index (χ2v) is 3.07. The Labute approximate surface area is 75.4 Å². The fraction of sp³-hybridized carbons (Fsp3) is 0.250. The molecule has 2 heterocycles. The molecule has 66 valence electrons. The lowest BCUT2D eigenvalue weighted by molar-refractivity contribution is 0.485. The molecule has 2 N–H and O–H groups in total. The molecule has 0 saturated carbocycles. The molecule has 2 aliphatic rings. The van der Waals surface area contributed by atoms with E-state index in [2.05, 4.69) is 33.3 Å². The van der Waals surface area contributed by atoms with Crippen molar-refractivity contribution in [1.82, 2.24) is 10.9 Å². The maximum atomic E-state index is 3.99. The van der Waals surface area contributed by atoms with Crippen LogP contribution in [-0.2, 0) is 6.54 Å². The van der Waals surface area contributed by atoms with Gasteiger partial charge in [0, 0.05) is 6.54 Å². The van der Waals surface area contributed by atoms with Crippen molar-refractivity contribution < 1.29 is 0 Å². The molecule has 1 atom stereocenters. The van der Waals surface area contributed by atoms with E-state index in [9.17, 15) is 0 Å². The Balaban J connectivity index is 2.08. The molecule has 5 heteroatoms. The molecule has 0 radical (unpaired) electrons. The number of anilines is 1. The first-order valence-electron chi connectivity index (χ1n) is 4.21. The highest BCUT2D eigenvalue weighted by Crippen LogP contribution is 2.26. The highest BCUT2D eigenvalue weighted by Gasteiger charge is 2.28. The summed E-state index contributed by atoms with van der Waals surface area (Å²) in [6.45, 7) is 0.845. The van der Waals surface area contributed by atoms with Crippen molar-refractivity contribution >= 4 is 5.69 Å². The number of nitrogens with zero attached hydrogens (tertiary/aromatic N) is 3. The van der Waals surface area contributed by atoms with Crippen molar-refractivity contribution in [1.29, 1.82) is 0 Å². The van der Waals surface area contributed by atoms with Gasteiger partial charge in [-0.2, -0.15) is 5.53 Å². The van der Waals surface area contributed by atoms with Crippen LogP contribution < -0.4 is 15.9 Å². The minimum Gasteiger partial charge on any atom is -0.271 e. The van der Waals surface area contributed by atoms with Crippen molar-refractivity contribution in [2.75, 3.05) is 5.01 Å². The number of para-hydroxylation sites is 1. The van der Waals surface area contributed by atoms with Crippen LogP contribution in [0.1, 0.15) is 5.56 Å². The van der Waals surface area contributed by atoms with E-state index in [0.29, 0.717) is 0 Å². The molecular weight excluding hydrogens is 166 g/mol. The van der Waals surface area contributed by atoms with Gasteiger partial charge >= 0.3 is 0 Å². The van der Waals surface area contributed by atoms with Gasteiger partial charge in [0.05, 0.1) is 5.69 Å². The number of fused-ring (bicyclic) bond motifs is 3. The lowest BCUT2D eigenvalue weighted by Gasteiger charge is -2.30. The van der Waals surface area contributed by atoms with Crippen molar-refractivity contribution in [3.05, 3.63) is 29.8 Å². The van der Waals surface area contributed by atoms with Crippen LogP contribution in [0.5, 0.6) is 0 Å². The van der Waals surface area contributed by atoms with Crippen LogP contribution >= 0.6 is 0 Å². The summed E-state index contributed by atoms with van der Waals surface area (Å²) >= 11 is 0. The van der Waals surface area contributed by atoms with E-state index in [4.69, 9.17) is 0 Å². The van der Waals surface area contributed by atoms with Gasteiger partial charge in [-0.05, 0) is 11.6 Å². The Morgan fingerprint density at radius 2 is 2.31 bits per heavy atom. The molecule has 0 spiro atoms. The Hall–Kier alpha value is -1.62. The zero-order valence-corrected chi connectivity index (χ0v) is 6.94. The molecule has 13 heavy (non-hydrogen) atoms. The van der Waals surface area contributed by atoms with Crippen molar-refractivity contribution in [2.45, 2.75) is 12.8 Å². The summed E-state index contributed by atoms with van der Waals surface area (Å²) in [5.74, 6) is 0. The highest BCUT2D eigenvalue weighted by molar-refractivity contribution is 5.55. The van der Waals surface area contributed by atoms with Crippen LogP contribution in [-0.4, -0.2) is 6.29 Å². The molecule has 0 aromatic heterocycles. The third-order valence-corrected chi connectivity index (χ3v) is 2.29. The van der Waals surface area contributed by atoms with Gasteiger partial charge in [-0.1, -0.05) is 23.4 Å². The first-order chi connectivity index (χ1) is 6.45. The molecule has 5 nitrogen and oxygen atoms in total. The van der Waals surface area contributed by atoms with Gasteiger partial charge in [0.2, 0.25) is 6.29 Å². The van der Waals surface area contributed by atoms with Gasteiger partial charge in [-0.15, -0.1) is 5.11 Å². The minimum absolute atomic E-state index is 0.0464. The summed E-state index contributed by atoms with van der Waals surface area (Å²) in [4.78, 5) is 0. The number of benzene rings is 1. The molecule has 0 fully saturated rings. The fourth-order valence-electron chi connectivity index (χ4n) is 1.65. The molecule has 0 aliphatic carbocycles. The maximum Gasteiger partial charge on any atom is 0.217 e. The van der Waals surface area contributed by atoms with E-state index in [-0.39, 0.29) is 6.29 Å². The zero-order chi connectivity index (χ0) is 8.67. The van der Waals surface area contributed by atoms with Gasteiger partial charge in [0.25, 0.3) is 0 Å². The lowest BCUT2D eigenvalue weighted by Crippen LogP contribution is -2.49. The quantitative estimate of drug-likeness (QED) is 0.612.